The van der Waals surface area contributed by atoms with Crippen LogP contribution in [-0.4, -0.2) is 27.3 Å². The Balaban J connectivity index is 1.40. The van der Waals surface area contributed by atoms with Gasteiger partial charge in [0, 0.05) is 37.0 Å². The molecule has 0 saturated carbocycles. The first-order chi connectivity index (χ1) is 14.6. The number of hydrogen-bond donors (Lipinski definition) is 1. The summed E-state index contributed by atoms with van der Waals surface area (Å²) in [5, 5.41) is 7.67. The summed E-state index contributed by atoms with van der Waals surface area (Å²) >= 11 is 0. The molecule has 4 rings (SSSR count). The Morgan fingerprint density at radius 2 is 1.83 bits per heavy atom. The highest BCUT2D eigenvalue weighted by molar-refractivity contribution is 5.89. The van der Waals surface area contributed by atoms with E-state index in [0.29, 0.717) is 26.3 Å². The second-order valence-corrected chi connectivity index (χ2v) is 7.63. The van der Waals surface area contributed by atoms with Crippen LogP contribution < -0.4 is 5.32 Å². The molecular weight excluding hydrogens is 376 g/mol. The van der Waals surface area contributed by atoms with Gasteiger partial charge in [-0.05, 0) is 29.7 Å². The first-order valence-electron chi connectivity index (χ1n) is 10.4. The van der Waals surface area contributed by atoms with Crippen molar-refractivity contribution in [2.75, 3.05) is 11.9 Å². The fourth-order valence-electron chi connectivity index (χ4n) is 3.83. The minimum atomic E-state index is -0.0788. The summed E-state index contributed by atoms with van der Waals surface area (Å²) in [5.74, 6) is 0. The molecule has 1 N–H and O–H groups in total. The van der Waals surface area contributed by atoms with Crippen molar-refractivity contribution in [1.82, 2.24) is 14.7 Å². The number of ether oxygens (including phenoxy) is 1. The third kappa shape index (κ3) is 4.54. The van der Waals surface area contributed by atoms with Gasteiger partial charge in [-0.3, -0.25) is 4.68 Å². The van der Waals surface area contributed by atoms with Crippen LogP contribution in [0.1, 0.15) is 35.0 Å². The summed E-state index contributed by atoms with van der Waals surface area (Å²) in [6.45, 7) is 4.33. The molecule has 1 aliphatic heterocycles. The highest BCUT2D eigenvalue weighted by atomic mass is 16.5. The molecule has 0 saturated heterocycles. The van der Waals surface area contributed by atoms with Crippen LogP contribution in [0.4, 0.5) is 10.5 Å². The molecule has 0 unspecified atom stereocenters. The van der Waals surface area contributed by atoms with E-state index >= 15 is 0 Å². The summed E-state index contributed by atoms with van der Waals surface area (Å²) < 4.78 is 7.83. The number of nitrogens with zero attached hydrogens (tertiary/aromatic N) is 3. The quantitative estimate of drug-likeness (QED) is 0.667. The zero-order valence-electron chi connectivity index (χ0n) is 17.6. The smallest absolute Gasteiger partial charge is 0.322 e. The van der Waals surface area contributed by atoms with Crippen molar-refractivity contribution in [2.45, 2.75) is 39.5 Å². The summed E-state index contributed by atoms with van der Waals surface area (Å²) in [4.78, 5) is 14.7. The second kappa shape index (κ2) is 9.13. The maximum Gasteiger partial charge on any atom is 0.322 e. The number of anilines is 1. The predicted molar refractivity (Wildman–Crippen MR) is 117 cm³/mol. The number of benzene rings is 2. The van der Waals surface area contributed by atoms with Crippen molar-refractivity contribution in [3.05, 3.63) is 82.7 Å². The Hall–Kier alpha value is -3.12. The molecule has 1 aliphatic rings. The van der Waals surface area contributed by atoms with Crippen LogP contribution in [0.25, 0.3) is 0 Å². The highest BCUT2D eigenvalue weighted by Crippen LogP contribution is 2.24. The Labute approximate surface area is 177 Å². The molecule has 1 aromatic heterocycles. The molecule has 0 aliphatic carbocycles. The van der Waals surface area contributed by atoms with Crippen molar-refractivity contribution in [1.29, 1.82) is 0 Å². The summed E-state index contributed by atoms with van der Waals surface area (Å²) in [6, 6.07) is 18.0. The molecule has 0 bridgehead atoms. The van der Waals surface area contributed by atoms with Gasteiger partial charge in [0.1, 0.15) is 0 Å². The van der Waals surface area contributed by atoms with E-state index in [4.69, 9.17) is 4.74 Å². The lowest BCUT2D eigenvalue weighted by atomic mass is 10.1. The van der Waals surface area contributed by atoms with E-state index in [2.05, 4.69) is 17.3 Å². The van der Waals surface area contributed by atoms with Crippen molar-refractivity contribution in [3.8, 4) is 0 Å². The maximum atomic E-state index is 12.8. The SMILES string of the molecule is CCc1ccc(NC(=O)N2CCc3c(c(COCc4ccccc4)nn3C)C2)cc1. The predicted octanol–water partition coefficient (Wildman–Crippen LogP) is 4.29. The monoisotopic (exact) mass is 404 g/mol. The molecule has 156 valence electrons. The lowest BCUT2D eigenvalue weighted by Crippen LogP contribution is -2.39. The molecule has 0 spiro atoms. The number of hydrogen-bond acceptors (Lipinski definition) is 3. The zero-order valence-corrected chi connectivity index (χ0v) is 17.6. The molecular formula is C24H28N4O2. The molecule has 3 aromatic rings. The molecule has 6 nitrogen and oxygen atoms in total. The summed E-state index contributed by atoms with van der Waals surface area (Å²) in [5.41, 5.74) is 6.41. The third-order valence-electron chi connectivity index (χ3n) is 5.58. The molecule has 0 atom stereocenters. The van der Waals surface area contributed by atoms with Crippen LogP contribution in [0, 0.1) is 0 Å². The Morgan fingerprint density at radius 3 is 2.57 bits per heavy atom. The van der Waals surface area contributed by atoms with E-state index in [1.807, 2.05) is 71.2 Å². The van der Waals surface area contributed by atoms with E-state index in [1.54, 1.807) is 0 Å². The normalized spacial score (nSPS) is 13.2. The van der Waals surface area contributed by atoms with Crippen LogP contribution >= 0.6 is 0 Å². The molecule has 0 radical (unpaired) electrons. The van der Waals surface area contributed by atoms with E-state index in [-0.39, 0.29) is 6.03 Å². The number of carbonyl (C=O) groups excluding carboxylic acids is 1. The fraction of sp³-hybridized carbons (Fsp3) is 0.333. The highest BCUT2D eigenvalue weighted by Gasteiger charge is 2.26. The molecule has 2 aromatic carbocycles. The molecule has 30 heavy (non-hydrogen) atoms. The Morgan fingerprint density at radius 1 is 1.07 bits per heavy atom. The summed E-state index contributed by atoms with van der Waals surface area (Å²) in [7, 11) is 1.96. The average Bonchev–Trinajstić information content (AvgIpc) is 3.10. The third-order valence-corrected chi connectivity index (χ3v) is 5.58. The van der Waals surface area contributed by atoms with Gasteiger partial charge in [-0.2, -0.15) is 5.10 Å². The van der Waals surface area contributed by atoms with Gasteiger partial charge < -0.3 is 15.0 Å². The van der Waals surface area contributed by atoms with Gasteiger partial charge >= 0.3 is 6.03 Å². The average molecular weight is 405 g/mol. The number of amides is 2. The number of fused-ring (bicyclic) bond motifs is 1. The Bertz CT molecular complexity index is 996. The second-order valence-electron chi connectivity index (χ2n) is 7.63. The number of urea groups is 1. The number of aromatic nitrogens is 2. The van der Waals surface area contributed by atoms with Crippen molar-refractivity contribution in [3.63, 3.8) is 0 Å². The molecule has 6 heteroatoms. The topological polar surface area (TPSA) is 59.4 Å². The van der Waals surface area contributed by atoms with E-state index in [0.717, 1.165) is 35.3 Å². The van der Waals surface area contributed by atoms with Crippen LogP contribution in [0.5, 0.6) is 0 Å². The van der Waals surface area contributed by atoms with Gasteiger partial charge in [0.05, 0.1) is 25.5 Å². The van der Waals surface area contributed by atoms with Crippen LogP contribution in [0.15, 0.2) is 54.6 Å². The standard InChI is InChI=1S/C24H28N4O2/c1-3-18-9-11-20(12-10-18)25-24(29)28-14-13-23-21(15-28)22(26-27(23)2)17-30-16-19-7-5-4-6-8-19/h4-12H,3,13-17H2,1-2H3,(H,25,29). The van der Waals surface area contributed by atoms with Gasteiger partial charge in [-0.15, -0.1) is 0 Å². The van der Waals surface area contributed by atoms with Gasteiger partial charge in [-0.25, -0.2) is 4.79 Å². The lowest BCUT2D eigenvalue weighted by molar-refractivity contribution is 0.103. The summed E-state index contributed by atoms with van der Waals surface area (Å²) in [6.07, 6.45) is 1.78. The number of carbonyl (C=O) groups is 1. The van der Waals surface area contributed by atoms with Crippen LogP contribution in [0.2, 0.25) is 0 Å². The van der Waals surface area contributed by atoms with Crippen LogP contribution in [0.3, 0.4) is 0 Å². The van der Waals surface area contributed by atoms with Gasteiger partial charge in [-0.1, -0.05) is 49.4 Å². The Kier molecular flexibility index (Phi) is 6.14. The first kappa shape index (κ1) is 20.2. The van der Waals surface area contributed by atoms with E-state index in [9.17, 15) is 4.79 Å². The van der Waals surface area contributed by atoms with E-state index in [1.165, 1.54) is 11.3 Å². The largest absolute Gasteiger partial charge is 0.370 e. The molecule has 2 amide bonds. The maximum absolute atomic E-state index is 12.8. The van der Waals surface area contributed by atoms with Gasteiger partial charge in [0.15, 0.2) is 0 Å². The number of rotatable bonds is 6. The number of nitrogens with one attached hydrogen (secondary N) is 1. The number of aryl methyl sites for hydroxylation is 2. The molecule has 0 fully saturated rings. The fourth-order valence-corrected chi connectivity index (χ4v) is 3.83. The first-order valence-corrected chi connectivity index (χ1v) is 10.4. The van der Waals surface area contributed by atoms with Crippen LogP contribution in [-0.2, 0) is 44.4 Å². The van der Waals surface area contributed by atoms with Gasteiger partial charge in [0.25, 0.3) is 0 Å². The van der Waals surface area contributed by atoms with Crippen molar-refractivity contribution in [2.24, 2.45) is 7.05 Å². The lowest BCUT2D eigenvalue weighted by Gasteiger charge is -2.28. The van der Waals surface area contributed by atoms with Crippen molar-refractivity contribution < 1.29 is 9.53 Å². The molecule has 2 heterocycles. The minimum absolute atomic E-state index is 0.0788. The van der Waals surface area contributed by atoms with Gasteiger partial charge in [0.2, 0.25) is 0 Å². The van der Waals surface area contributed by atoms with E-state index < -0.39 is 0 Å². The minimum Gasteiger partial charge on any atom is -0.370 e. The zero-order chi connectivity index (χ0) is 20.9. The van der Waals surface area contributed by atoms with Crippen molar-refractivity contribution >= 4 is 11.7 Å².